The minimum atomic E-state index is -0.427. The Kier molecular flexibility index (Phi) is 5.66. The molecule has 0 spiro atoms. The van der Waals surface area contributed by atoms with Crippen LogP contribution in [0.5, 0.6) is 0 Å². The number of hydrogen-bond donors (Lipinski definition) is 1. The summed E-state index contributed by atoms with van der Waals surface area (Å²) in [5.74, 6) is -0.821. The molecule has 1 N–H and O–H groups in total. The van der Waals surface area contributed by atoms with Gasteiger partial charge in [-0.1, -0.05) is 65.3 Å². The summed E-state index contributed by atoms with van der Waals surface area (Å²) in [6.07, 6.45) is 0. The quantitative estimate of drug-likeness (QED) is 0.504. The van der Waals surface area contributed by atoms with Crippen molar-refractivity contribution in [2.45, 2.75) is 18.7 Å². The number of benzene rings is 3. The van der Waals surface area contributed by atoms with Crippen molar-refractivity contribution in [1.29, 1.82) is 0 Å². The second-order valence-corrected chi connectivity index (χ2v) is 8.50. The summed E-state index contributed by atoms with van der Waals surface area (Å²) in [7, 11) is 0. The van der Waals surface area contributed by atoms with Gasteiger partial charge in [-0.3, -0.25) is 9.59 Å². The fourth-order valence-electron chi connectivity index (χ4n) is 3.16. The molecule has 0 atom stereocenters. The highest BCUT2D eigenvalue weighted by molar-refractivity contribution is 8.04. The standard InChI is InChI=1S/C24H19ClN2O2S/c1-15-10-12-18(13-11-15)30-22-21(26-17-7-5-6-16(2)14-17)23(28)27(24(22)29)20-9-4-3-8-19(20)25/h3-14,26H,1-2H3. The van der Waals surface area contributed by atoms with Crippen LogP contribution in [0.4, 0.5) is 11.4 Å². The van der Waals surface area contributed by atoms with Crippen molar-refractivity contribution < 1.29 is 9.59 Å². The molecule has 1 heterocycles. The molecule has 0 radical (unpaired) electrons. The number of amides is 2. The fraction of sp³-hybridized carbons (Fsp3) is 0.0833. The molecule has 0 aromatic heterocycles. The van der Waals surface area contributed by atoms with E-state index in [1.54, 1.807) is 24.3 Å². The lowest BCUT2D eigenvalue weighted by Crippen LogP contribution is -2.32. The zero-order valence-corrected chi connectivity index (χ0v) is 18.1. The van der Waals surface area contributed by atoms with Gasteiger partial charge in [0.1, 0.15) is 10.6 Å². The van der Waals surface area contributed by atoms with Gasteiger partial charge in [0.15, 0.2) is 0 Å². The molecule has 0 saturated heterocycles. The van der Waals surface area contributed by atoms with Gasteiger partial charge in [-0.05, 0) is 55.8 Å². The van der Waals surface area contributed by atoms with E-state index in [4.69, 9.17) is 11.6 Å². The molecular weight excluding hydrogens is 416 g/mol. The number of rotatable bonds is 5. The SMILES string of the molecule is Cc1ccc(SC2=C(Nc3cccc(C)c3)C(=O)N(c3ccccc3Cl)C2=O)cc1. The van der Waals surface area contributed by atoms with Crippen LogP contribution in [0.3, 0.4) is 0 Å². The van der Waals surface area contributed by atoms with Crippen LogP contribution in [-0.2, 0) is 9.59 Å². The molecule has 3 aromatic rings. The van der Waals surface area contributed by atoms with Crippen molar-refractivity contribution in [3.05, 3.63) is 99.5 Å². The van der Waals surface area contributed by atoms with E-state index in [9.17, 15) is 9.59 Å². The highest BCUT2D eigenvalue weighted by Crippen LogP contribution is 2.39. The number of imide groups is 1. The summed E-state index contributed by atoms with van der Waals surface area (Å²) in [5.41, 5.74) is 3.54. The van der Waals surface area contributed by atoms with Gasteiger partial charge in [0.25, 0.3) is 11.8 Å². The maximum Gasteiger partial charge on any atom is 0.283 e. The molecule has 0 unspecified atom stereocenters. The van der Waals surface area contributed by atoms with Gasteiger partial charge < -0.3 is 5.32 Å². The summed E-state index contributed by atoms with van der Waals surface area (Å²) in [6.45, 7) is 3.97. The number of carbonyl (C=O) groups excluding carboxylic acids is 2. The van der Waals surface area contributed by atoms with Crippen LogP contribution in [0.25, 0.3) is 0 Å². The number of aryl methyl sites for hydroxylation is 2. The number of halogens is 1. The van der Waals surface area contributed by atoms with Crippen molar-refractivity contribution in [3.8, 4) is 0 Å². The van der Waals surface area contributed by atoms with Crippen molar-refractivity contribution in [1.82, 2.24) is 0 Å². The van der Waals surface area contributed by atoms with Crippen molar-refractivity contribution >= 4 is 46.6 Å². The van der Waals surface area contributed by atoms with Crippen LogP contribution < -0.4 is 10.2 Å². The van der Waals surface area contributed by atoms with Gasteiger partial charge in [0, 0.05) is 10.6 Å². The summed E-state index contributed by atoms with van der Waals surface area (Å²) < 4.78 is 0. The molecule has 150 valence electrons. The van der Waals surface area contributed by atoms with Crippen LogP contribution in [-0.4, -0.2) is 11.8 Å². The zero-order valence-electron chi connectivity index (χ0n) is 16.5. The van der Waals surface area contributed by atoms with Crippen LogP contribution >= 0.6 is 23.4 Å². The van der Waals surface area contributed by atoms with Crippen LogP contribution in [0, 0.1) is 13.8 Å². The molecule has 0 saturated carbocycles. The van der Waals surface area contributed by atoms with E-state index in [2.05, 4.69) is 5.32 Å². The molecule has 0 bridgehead atoms. The third-order valence-electron chi connectivity index (χ3n) is 4.66. The number of hydrogen-bond acceptors (Lipinski definition) is 4. The lowest BCUT2D eigenvalue weighted by Gasteiger charge is -2.16. The molecule has 0 fully saturated rings. The van der Waals surface area contributed by atoms with Gasteiger partial charge in [-0.25, -0.2) is 4.90 Å². The molecule has 1 aliphatic heterocycles. The molecule has 4 nitrogen and oxygen atoms in total. The van der Waals surface area contributed by atoms with E-state index in [1.165, 1.54) is 11.8 Å². The van der Waals surface area contributed by atoms with E-state index in [0.29, 0.717) is 15.6 Å². The summed E-state index contributed by atoms with van der Waals surface area (Å²) in [6, 6.07) is 22.3. The van der Waals surface area contributed by atoms with Gasteiger partial charge >= 0.3 is 0 Å². The largest absolute Gasteiger partial charge is 0.350 e. The number of nitrogens with one attached hydrogen (secondary N) is 1. The second kappa shape index (κ2) is 8.38. The Morgan fingerprint density at radius 2 is 1.57 bits per heavy atom. The van der Waals surface area contributed by atoms with Crippen molar-refractivity contribution in [3.63, 3.8) is 0 Å². The van der Waals surface area contributed by atoms with Gasteiger partial charge in [0.2, 0.25) is 0 Å². The number of nitrogens with zero attached hydrogens (tertiary/aromatic N) is 1. The molecule has 30 heavy (non-hydrogen) atoms. The summed E-state index contributed by atoms with van der Waals surface area (Å²) >= 11 is 7.57. The average molecular weight is 435 g/mol. The number of carbonyl (C=O) groups is 2. The Morgan fingerprint density at radius 3 is 2.27 bits per heavy atom. The lowest BCUT2D eigenvalue weighted by molar-refractivity contribution is -0.120. The first-order valence-electron chi connectivity index (χ1n) is 9.40. The van der Waals surface area contributed by atoms with E-state index >= 15 is 0 Å². The van der Waals surface area contributed by atoms with Crippen molar-refractivity contribution in [2.75, 3.05) is 10.2 Å². The van der Waals surface area contributed by atoms with Crippen LogP contribution in [0.15, 0.2) is 88.3 Å². The minimum Gasteiger partial charge on any atom is -0.350 e. The predicted octanol–water partition coefficient (Wildman–Crippen LogP) is 5.95. The third kappa shape index (κ3) is 3.99. The van der Waals surface area contributed by atoms with E-state index in [-0.39, 0.29) is 5.70 Å². The van der Waals surface area contributed by atoms with E-state index < -0.39 is 11.8 Å². The van der Waals surface area contributed by atoms with Gasteiger partial charge in [0.05, 0.1) is 10.7 Å². The average Bonchev–Trinajstić information content (AvgIpc) is 2.94. The fourth-order valence-corrected chi connectivity index (χ4v) is 4.30. The van der Waals surface area contributed by atoms with Crippen LogP contribution in [0.2, 0.25) is 5.02 Å². The number of para-hydroxylation sites is 1. The van der Waals surface area contributed by atoms with Gasteiger partial charge in [-0.15, -0.1) is 0 Å². The Bertz CT molecular complexity index is 1170. The van der Waals surface area contributed by atoms with Gasteiger partial charge in [-0.2, -0.15) is 0 Å². The molecule has 0 aliphatic carbocycles. The Labute approximate surface area is 184 Å². The lowest BCUT2D eigenvalue weighted by atomic mass is 10.2. The van der Waals surface area contributed by atoms with E-state index in [1.807, 2.05) is 62.4 Å². The molecule has 3 aromatic carbocycles. The number of anilines is 2. The Balaban J connectivity index is 1.76. The topological polar surface area (TPSA) is 49.4 Å². The minimum absolute atomic E-state index is 0.246. The molecule has 6 heteroatoms. The summed E-state index contributed by atoms with van der Waals surface area (Å²) in [4.78, 5) is 29.0. The maximum atomic E-state index is 13.3. The normalized spacial score (nSPS) is 13.9. The highest BCUT2D eigenvalue weighted by atomic mass is 35.5. The molecule has 2 amide bonds. The first-order valence-corrected chi connectivity index (χ1v) is 10.6. The smallest absolute Gasteiger partial charge is 0.283 e. The number of thioether (sulfide) groups is 1. The first-order chi connectivity index (χ1) is 14.4. The highest BCUT2D eigenvalue weighted by Gasteiger charge is 2.41. The first kappa shape index (κ1) is 20.3. The molecule has 1 aliphatic rings. The zero-order chi connectivity index (χ0) is 21.3. The Morgan fingerprint density at radius 1 is 0.833 bits per heavy atom. The second-order valence-electron chi connectivity index (χ2n) is 7.01. The molecule has 4 rings (SSSR count). The van der Waals surface area contributed by atoms with E-state index in [0.717, 1.165) is 26.6 Å². The van der Waals surface area contributed by atoms with Crippen LogP contribution in [0.1, 0.15) is 11.1 Å². The Hall–Kier alpha value is -3.02. The summed E-state index contributed by atoms with van der Waals surface area (Å²) in [5, 5.41) is 3.51. The predicted molar refractivity (Wildman–Crippen MR) is 123 cm³/mol. The third-order valence-corrected chi connectivity index (χ3v) is 6.07. The van der Waals surface area contributed by atoms with Crippen molar-refractivity contribution in [2.24, 2.45) is 0 Å². The monoisotopic (exact) mass is 434 g/mol. The molecular formula is C24H19ClN2O2S. The maximum absolute atomic E-state index is 13.3.